The van der Waals surface area contributed by atoms with Crippen LogP contribution in [0.5, 0.6) is 5.75 Å². The Morgan fingerprint density at radius 1 is 1.41 bits per heavy atom. The highest BCUT2D eigenvalue weighted by Crippen LogP contribution is 2.24. The largest absolute Gasteiger partial charge is 0.496 e. The van der Waals surface area contributed by atoms with Gasteiger partial charge in [0.25, 0.3) is 0 Å². The molecule has 4 heteroatoms. The quantitative estimate of drug-likeness (QED) is 0.874. The maximum Gasteiger partial charge on any atom is 0.123 e. The van der Waals surface area contributed by atoms with E-state index in [2.05, 4.69) is 4.98 Å². The number of benzene rings is 1. The summed E-state index contributed by atoms with van der Waals surface area (Å²) in [5.41, 5.74) is 7.22. The van der Waals surface area contributed by atoms with Crippen LogP contribution in [0.25, 0.3) is 0 Å². The Labute approximate surface area is 101 Å². The van der Waals surface area contributed by atoms with Crippen LogP contribution in [0.4, 0.5) is 0 Å². The Balaban J connectivity index is 2.20. The van der Waals surface area contributed by atoms with E-state index in [4.69, 9.17) is 10.5 Å². The summed E-state index contributed by atoms with van der Waals surface area (Å²) in [7, 11) is 1.66. The van der Waals surface area contributed by atoms with E-state index in [1.807, 2.05) is 42.0 Å². The molecule has 4 nitrogen and oxygen atoms in total. The number of aromatic nitrogens is 2. The predicted molar refractivity (Wildman–Crippen MR) is 66.9 cm³/mol. The van der Waals surface area contributed by atoms with Gasteiger partial charge < -0.3 is 15.0 Å². The molecule has 90 valence electrons. The zero-order chi connectivity index (χ0) is 12.3. The number of imidazole rings is 1. The van der Waals surface area contributed by atoms with Gasteiger partial charge in [-0.2, -0.15) is 0 Å². The van der Waals surface area contributed by atoms with Crippen LogP contribution in [0.15, 0.2) is 36.7 Å². The fraction of sp³-hybridized carbons (Fsp3) is 0.308. The number of hydrogen-bond donors (Lipinski definition) is 1. The van der Waals surface area contributed by atoms with Crippen molar-refractivity contribution in [2.24, 2.45) is 5.73 Å². The molecule has 0 radical (unpaired) electrons. The van der Waals surface area contributed by atoms with Crippen LogP contribution < -0.4 is 10.5 Å². The Kier molecular flexibility index (Phi) is 3.44. The molecule has 0 amide bonds. The second kappa shape index (κ2) is 5.01. The summed E-state index contributed by atoms with van der Waals surface area (Å²) in [6, 6.07) is 7.74. The molecule has 2 rings (SSSR count). The van der Waals surface area contributed by atoms with Crippen molar-refractivity contribution >= 4 is 0 Å². The molecule has 1 aromatic carbocycles. The molecule has 2 N–H and O–H groups in total. The van der Waals surface area contributed by atoms with E-state index in [-0.39, 0.29) is 6.04 Å². The molecule has 1 atom stereocenters. The first-order valence-electron chi connectivity index (χ1n) is 5.58. The Morgan fingerprint density at radius 3 is 2.82 bits per heavy atom. The van der Waals surface area contributed by atoms with Crippen LogP contribution in [-0.4, -0.2) is 16.7 Å². The third-order valence-corrected chi connectivity index (χ3v) is 2.86. The summed E-state index contributed by atoms with van der Waals surface area (Å²) in [5.74, 6) is 1.80. The topological polar surface area (TPSA) is 53.1 Å². The SMILES string of the molecule is COc1ccccc1C(N)Cn1ccnc1C. The van der Waals surface area contributed by atoms with Crippen molar-refractivity contribution in [1.29, 1.82) is 0 Å². The van der Waals surface area contributed by atoms with Gasteiger partial charge >= 0.3 is 0 Å². The lowest BCUT2D eigenvalue weighted by Gasteiger charge is -2.16. The average molecular weight is 231 g/mol. The molecular weight excluding hydrogens is 214 g/mol. The van der Waals surface area contributed by atoms with Gasteiger partial charge in [0.2, 0.25) is 0 Å². The summed E-state index contributed by atoms with van der Waals surface area (Å²) >= 11 is 0. The molecule has 0 aliphatic heterocycles. The van der Waals surface area contributed by atoms with Crippen LogP contribution in [-0.2, 0) is 6.54 Å². The van der Waals surface area contributed by atoms with Gasteiger partial charge in [0.05, 0.1) is 13.2 Å². The lowest BCUT2D eigenvalue weighted by molar-refractivity contribution is 0.402. The fourth-order valence-electron chi connectivity index (χ4n) is 1.88. The van der Waals surface area contributed by atoms with Gasteiger partial charge in [0.1, 0.15) is 11.6 Å². The molecular formula is C13H17N3O. The van der Waals surface area contributed by atoms with Gasteiger partial charge in [-0.15, -0.1) is 0 Å². The van der Waals surface area contributed by atoms with E-state index >= 15 is 0 Å². The molecule has 1 unspecified atom stereocenters. The van der Waals surface area contributed by atoms with Crippen molar-refractivity contribution in [2.45, 2.75) is 19.5 Å². The number of ether oxygens (including phenoxy) is 1. The zero-order valence-electron chi connectivity index (χ0n) is 10.1. The van der Waals surface area contributed by atoms with Crippen molar-refractivity contribution in [3.8, 4) is 5.75 Å². The molecule has 17 heavy (non-hydrogen) atoms. The molecule has 0 aliphatic rings. The minimum absolute atomic E-state index is 0.0981. The summed E-state index contributed by atoms with van der Waals surface area (Å²) < 4.78 is 7.35. The van der Waals surface area contributed by atoms with E-state index in [0.717, 1.165) is 17.1 Å². The fourth-order valence-corrected chi connectivity index (χ4v) is 1.88. The van der Waals surface area contributed by atoms with E-state index in [1.54, 1.807) is 13.3 Å². The van der Waals surface area contributed by atoms with E-state index < -0.39 is 0 Å². The van der Waals surface area contributed by atoms with Crippen molar-refractivity contribution in [1.82, 2.24) is 9.55 Å². The van der Waals surface area contributed by atoms with E-state index in [1.165, 1.54) is 0 Å². The lowest BCUT2D eigenvalue weighted by atomic mass is 10.1. The molecule has 1 heterocycles. The van der Waals surface area contributed by atoms with Crippen molar-refractivity contribution in [3.63, 3.8) is 0 Å². The Bertz CT molecular complexity index is 493. The Hall–Kier alpha value is -1.81. The van der Waals surface area contributed by atoms with Gasteiger partial charge in [-0.25, -0.2) is 4.98 Å². The second-order valence-corrected chi connectivity index (χ2v) is 3.98. The number of hydrogen-bond acceptors (Lipinski definition) is 3. The number of aryl methyl sites for hydroxylation is 1. The van der Waals surface area contributed by atoms with Crippen LogP contribution >= 0.6 is 0 Å². The number of nitrogens with zero attached hydrogens (tertiary/aromatic N) is 2. The second-order valence-electron chi connectivity index (χ2n) is 3.98. The standard InChI is InChI=1S/C13H17N3O/c1-10-15-7-8-16(10)9-12(14)11-5-3-4-6-13(11)17-2/h3-8,12H,9,14H2,1-2H3. The number of para-hydroxylation sites is 1. The first kappa shape index (κ1) is 11.7. The number of rotatable bonds is 4. The molecule has 0 saturated carbocycles. The molecule has 2 aromatic rings. The normalized spacial score (nSPS) is 12.4. The van der Waals surface area contributed by atoms with Gasteiger partial charge in [-0.05, 0) is 13.0 Å². The van der Waals surface area contributed by atoms with Gasteiger partial charge in [-0.1, -0.05) is 18.2 Å². The summed E-state index contributed by atoms with van der Waals surface area (Å²) in [4.78, 5) is 4.18. The van der Waals surface area contributed by atoms with Crippen LogP contribution in [0.2, 0.25) is 0 Å². The van der Waals surface area contributed by atoms with Crippen LogP contribution in [0.3, 0.4) is 0 Å². The van der Waals surface area contributed by atoms with Gasteiger partial charge in [0.15, 0.2) is 0 Å². The highest BCUT2D eigenvalue weighted by molar-refractivity contribution is 5.35. The lowest BCUT2D eigenvalue weighted by Crippen LogP contribution is -2.18. The molecule has 0 spiro atoms. The molecule has 0 bridgehead atoms. The monoisotopic (exact) mass is 231 g/mol. The van der Waals surface area contributed by atoms with Gasteiger partial charge in [-0.3, -0.25) is 0 Å². The maximum atomic E-state index is 6.20. The first-order chi connectivity index (χ1) is 8.22. The van der Waals surface area contributed by atoms with Crippen molar-refractivity contribution in [3.05, 3.63) is 48.0 Å². The summed E-state index contributed by atoms with van der Waals surface area (Å²) in [6.45, 7) is 2.67. The predicted octanol–water partition coefficient (Wildman–Crippen LogP) is 1.90. The smallest absolute Gasteiger partial charge is 0.123 e. The molecule has 0 saturated heterocycles. The third kappa shape index (κ3) is 2.47. The molecule has 0 fully saturated rings. The summed E-state index contributed by atoms with van der Waals surface area (Å²) in [6.07, 6.45) is 3.72. The van der Waals surface area contributed by atoms with Gasteiger partial charge in [0, 0.05) is 24.5 Å². The highest BCUT2D eigenvalue weighted by Gasteiger charge is 2.12. The van der Waals surface area contributed by atoms with E-state index in [9.17, 15) is 0 Å². The van der Waals surface area contributed by atoms with Crippen molar-refractivity contribution in [2.75, 3.05) is 7.11 Å². The zero-order valence-corrected chi connectivity index (χ0v) is 10.1. The Morgan fingerprint density at radius 2 is 2.18 bits per heavy atom. The number of nitrogens with two attached hydrogens (primary N) is 1. The van der Waals surface area contributed by atoms with Crippen molar-refractivity contribution < 1.29 is 4.74 Å². The summed E-state index contributed by atoms with van der Waals surface area (Å²) in [5, 5.41) is 0. The maximum absolute atomic E-state index is 6.20. The van der Waals surface area contributed by atoms with Crippen LogP contribution in [0, 0.1) is 6.92 Å². The molecule has 0 aliphatic carbocycles. The highest BCUT2D eigenvalue weighted by atomic mass is 16.5. The minimum Gasteiger partial charge on any atom is -0.496 e. The minimum atomic E-state index is -0.0981. The molecule has 1 aromatic heterocycles. The number of methoxy groups -OCH3 is 1. The third-order valence-electron chi connectivity index (χ3n) is 2.86. The van der Waals surface area contributed by atoms with E-state index in [0.29, 0.717) is 6.54 Å². The van der Waals surface area contributed by atoms with Crippen LogP contribution in [0.1, 0.15) is 17.4 Å². The average Bonchev–Trinajstić information content (AvgIpc) is 2.75. The first-order valence-corrected chi connectivity index (χ1v) is 5.58.